The second-order valence-corrected chi connectivity index (χ2v) is 8.11. The first-order chi connectivity index (χ1) is 12.0. The Morgan fingerprint density at radius 1 is 1.32 bits per heavy atom. The molecule has 0 saturated heterocycles. The summed E-state index contributed by atoms with van der Waals surface area (Å²) in [6.45, 7) is 1.88. The molecule has 1 amide bonds. The minimum absolute atomic E-state index is 0.111. The number of nitrogens with zero attached hydrogens (tertiary/aromatic N) is 3. The van der Waals surface area contributed by atoms with E-state index in [2.05, 4.69) is 10.2 Å². The number of carbonyl (C=O) groups is 1. The fourth-order valence-electron chi connectivity index (χ4n) is 3.13. The van der Waals surface area contributed by atoms with E-state index in [1.807, 2.05) is 31.0 Å². The molecule has 1 aromatic carbocycles. The minimum atomic E-state index is -0.264. The molecular formula is C18H22ClN3O2S. The van der Waals surface area contributed by atoms with Gasteiger partial charge in [0.1, 0.15) is 0 Å². The SMILES string of the molecule is CC(Sc1nnc(-c2cccc(Cl)c2)o1)C(=O)N(C)C1CCCCC1. The lowest BCUT2D eigenvalue weighted by Gasteiger charge is -2.32. The van der Waals surface area contributed by atoms with Crippen LogP contribution in [0.1, 0.15) is 39.0 Å². The standard InChI is InChI=1S/C18H22ClN3O2S/c1-12(17(23)22(2)15-9-4-3-5-10-15)25-18-21-20-16(24-18)13-7-6-8-14(19)11-13/h6-8,11-12,15H,3-5,9-10H2,1-2H3. The van der Waals surface area contributed by atoms with Crippen molar-refractivity contribution in [1.29, 1.82) is 0 Å². The van der Waals surface area contributed by atoms with Crippen molar-refractivity contribution in [3.8, 4) is 11.5 Å². The number of halogens is 1. The van der Waals surface area contributed by atoms with Gasteiger partial charge in [-0.2, -0.15) is 0 Å². The summed E-state index contributed by atoms with van der Waals surface area (Å²) in [6, 6.07) is 7.61. The molecule has 1 unspecified atom stereocenters. The van der Waals surface area contributed by atoms with Crippen molar-refractivity contribution in [3.63, 3.8) is 0 Å². The summed E-state index contributed by atoms with van der Waals surface area (Å²) in [5.74, 6) is 0.518. The molecule has 0 N–H and O–H groups in total. The van der Waals surface area contributed by atoms with E-state index in [-0.39, 0.29) is 11.2 Å². The third-order valence-electron chi connectivity index (χ3n) is 4.57. The van der Waals surface area contributed by atoms with Crippen LogP contribution in [0.3, 0.4) is 0 Å². The Morgan fingerprint density at radius 2 is 2.08 bits per heavy atom. The molecule has 1 saturated carbocycles. The second kappa shape index (κ2) is 8.23. The Labute approximate surface area is 157 Å². The van der Waals surface area contributed by atoms with E-state index in [1.54, 1.807) is 12.1 Å². The number of benzene rings is 1. The highest BCUT2D eigenvalue weighted by Crippen LogP contribution is 2.29. The topological polar surface area (TPSA) is 59.2 Å². The van der Waals surface area contributed by atoms with Crippen LogP contribution in [0.2, 0.25) is 5.02 Å². The molecule has 1 atom stereocenters. The van der Waals surface area contributed by atoms with E-state index in [4.69, 9.17) is 16.0 Å². The maximum absolute atomic E-state index is 12.7. The van der Waals surface area contributed by atoms with Gasteiger partial charge in [0.05, 0.1) is 5.25 Å². The molecule has 1 aromatic heterocycles. The van der Waals surface area contributed by atoms with Crippen molar-refractivity contribution in [2.24, 2.45) is 0 Å². The molecule has 134 valence electrons. The van der Waals surface area contributed by atoms with Crippen molar-refractivity contribution in [2.75, 3.05) is 7.05 Å². The van der Waals surface area contributed by atoms with Gasteiger partial charge in [0.2, 0.25) is 11.8 Å². The molecular weight excluding hydrogens is 358 g/mol. The first-order valence-electron chi connectivity index (χ1n) is 8.57. The average molecular weight is 380 g/mol. The van der Waals surface area contributed by atoms with Crippen molar-refractivity contribution in [1.82, 2.24) is 15.1 Å². The Bertz CT molecular complexity index is 731. The first kappa shape index (κ1) is 18.3. The number of carbonyl (C=O) groups excluding carboxylic acids is 1. The predicted octanol–water partition coefficient (Wildman–Crippen LogP) is 4.66. The highest BCUT2D eigenvalue weighted by Gasteiger charge is 2.27. The number of amides is 1. The van der Waals surface area contributed by atoms with E-state index in [0.717, 1.165) is 18.4 Å². The van der Waals surface area contributed by atoms with Crippen LogP contribution in [0.25, 0.3) is 11.5 Å². The number of hydrogen-bond donors (Lipinski definition) is 0. The fraction of sp³-hybridized carbons (Fsp3) is 0.500. The Kier molecular flexibility index (Phi) is 6.02. The highest BCUT2D eigenvalue weighted by molar-refractivity contribution is 8.00. The lowest BCUT2D eigenvalue weighted by molar-refractivity contribution is -0.131. The summed E-state index contributed by atoms with van der Waals surface area (Å²) in [5, 5.41) is 8.85. The first-order valence-corrected chi connectivity index (χ1v) is 9.83. The van der Waals surface area contributed by atoms with Gasteiger partial charge in [0, 0.05) is 23.7 Å². The van der Waals surface area contributed by atoms with Crippen LogP contribution in [0.4, 0.5) is 0 Å². The van der Waals surface area contributed by atoms with Gasteiger partial charge in [-0.25, -0.2) is 0 Å². The van der Waals surface area contributed by atoms with Gasteiger partial charge in [0.25, 0.3) is 5.22 Å². The maximum atomic E-state index is 12.7. The van der Waals surface area contributed by atoms with Gasteiger partial charge in [-0.05, 0) is 38.0 Å². The molecule has 0 aliphatic heterocycles. The van der Waals surface area contributed by atoms with Crippen molar-refractivity contribution in [3.05, 3.63) is 29.3 Å². The number of thioether (sulfide) groups is 1. The highest BCUT2D eigenvalue weighted by atomic mass is 35.5. The van der Waals surface area contributed by atoms with Crippen molar-refractivity contribution >= 4 is 29.3 Å². The molecule has 7 heteroatoms. The van der Waals surface area contributed by atoms with Crippen LogP contribution in [0.15, 0.2) is 33.9 Å². The number of aromatic nitrogens is 2. The third kappa shape index (κ3) is 4.55. The van der Waals surface area contributed by atoms with Crippen molar-refractivity contribution in [2.45, 2.75) is 55.5 Å². The molecule has 1 aliphatic carbocycles. The van der Waals surface area contributed by atoms with E-state index in [0.29, 0.717) is 22.2 Å². The zero-order valence-corrected chi connectivity index (χ0v) is 16.0. The molecule has 5 nitrogen and oxygen atoms in total. The van der Waals surface area contributed by atoms with E-state index in [9.17, 15) is 4.79 Å². The summed E-state index contributed by atoms with van der Waals surface area (Å²) in [6.07, 6.45) is 5.88. The van der Waals surface area contributed by atoms with Crippen LogP contribution in [0.5, 0.6) is 0 Å². The van der Waals surface area contributed by atoms with Crippen LogP contribution in [0, 0.1) is 0 Å². The van der Waals surface area contributed by atoms with Gasteiger partial charge in [-0.3, -0.25) is 4.79 Å². The molecule has 1 aliphatic rings. The summed E-state index contributed by atoms with van der Waals surface area (Å²) < 4.78 is 5.68. The molecule has 25 heavy (non-hydrogen) atoms. The van der Waals surface area contributed by atoms with Crippen LogP contribution in [-0.2, 0) is 4.79 Å². The van der Waals surface area contributed by atoms with Crippen molar-refractivity contribution < 1.29 is 9.21 Å². The molecule has 2 aromatic rings. The van der Waals surface area contributed by atoms with Crippen LogP contribution < -0.4 is 0 Å². The average Bonchev–Trinajstić information content (AvgIpc) is 3.09. The minimum Gasteiger partial charge on any atom is -0.411 e. The maximum Gasteiger partial charge on any atom is 0.277 e. The Hall–Kier alpha value is -1.53. The fourth-order valence-corrected chi connectivity index (χ4v) is 4.11. The summed E-state index contributed by atoms with van der Waals surface area (Å²) in [4.78, 5) is 14.6. The number of rotatable bonds is 5. The lowest BCUT2D eigenvalue weighted by Crippen LogP contribution is -2.42. The summed E-state index contributed by atoms with van der Waals surface area (Å²) in [7, 11) is 1.90. The molecule has 1 fully saturated rings. The smallest absolute Gasteiger partial charge is 0.277 e. The Morgan fingerprint density at radius 3 is 2.80 bits per heavy atom. The normalized spacial score (nSPS) is 16.6. The second-order valence-electron chi connectivity index (χ2n) is 6.38. The largest absolute Gasteiger partial charge is 0.411 e. The van der Waals surface area contributed by atoms with Crippen LogP contribution >= 0.6 is 23.4 Å². The lowest BCUT2D eigenvalue weighted by atomic mass is 9.94. The van der Waals surface area contributed by atoms with Gasteiger partial charge in [-0.1, -0.05) is 48.7 Å². The van der Waals surface area contributed by atoms with Gasteiger partial charge in [-0.15, -0.1) is 10.2 Å². The molecule has 0 spiro atoms. The molecule has 0 bridgehead atoms. The molecule has 0 radical (unpaired) electrons. The monoisotopic (exact) mass is 379 g/mol. The summed E-state index contributed by atoms with van der Waals surface area (Å²) in [5.41, 5.74) is 0.769. The summed E-state index contributed by atoms with van der Waals surface area (Å²) >= 11 is 7.29. The van der Waals surface area contributed by atoms with Gasteiger partial charge in [0.15, 0.2) is 0 Å². The van der Waals surface area contributed by atoms with E-state index >= 15 is 0 Å². The van der Waals surface area contributed by atoms with Crippen LogP contribution in [-0.4, -0.2) is 39.3 Å². The van der Waals surface area contributed by atoms with Gasteiger partial charge < -0.3 is 9.32 Å². The number of hydrogen-bond acceptors (Lipinski definition) is 5. The molecule has 3 rings (SSSR count). The predicted molar refractivity (Wildman–Crippen MR) is 99.7 cm³/mol. The van der Waals surface area contributed by atoms with E-state index < -0.39 is 0 Å². The zero-order chi connectivity index (χ0) is 17.8. The Balaban J connectivity index is 1.62. The van der Waals surface area contributed by atoms with Gasteiger partial charge >= 0.3 is 0 Å². The zero-order valence-electron chi connectivity index (χ0n) is 14.4. The quantitative estimate of drug-likeness (QED) is 0.707. The molecule has 1 heterocycles. The third-order valence-corrected chi connectivity index (χ3v) is 5.73. The van der Waals surface area contributed by atoms with E-state index in [1.165, 1.54) is 31.0 Å².